The number of nitrogens with zero attached hydrogens (tertiary/aromatic N) is 3. The molecule has 2 heterocycles. The number of hydrogen-bond donors (Lipinski definition) is 1. The van der Waals surface area contributed by atoms with Gasteiger partial charge in [0, 0.05) is 25.0 Å². The summed E-state index contributed by atoms with van der Waals surface area (Å²) < 4.78 is 7.53. The van der Waals surface area contributed by atoms with Crippen molar-refractivity contribution >= 4 is 5.91 Å². The van der Waals surface area contributed by atoms with Gasteiger partial charge in [-0.3, -0.25) is 14.5 Å². The van der Waals surface area contributed by atoms with Crippen LogP contribution < -0.4 is 10.1 Å². The molecule has 127 valence electrons. The molecule has 3 rings (SSSR count). The lowest BCUT2D eigenvalue weighted by atomic mass is 10.1. The van der Waals surface area contributed by atoms with Crippen molar-refractivity contribution in [2.24, 2.45) is 7.05 Å². The summed E-state index contributed by atoms with van der Waals surface area (Å²) >= 11 is 0. The highest BCUT2D eigenvalue weighted by atomic mass is 16.5. The van der Waals surface area contributed by atoms with Gasteiger partial charge in [0.25, 0.3) is 5.91 Å². The van der Waals surface area contributed by atoms with Crippen LogP contribution in [0.4, 0.5) is 0 Å². The van der Waals surface area contributed by atoms with E-state index in [1.54, 1.807) is 41.3 Å². The zero-order valence-corrected chi connectivity index (χ0v) is 14.1. The molecule has 0 unspecified atom stereocenters. The van der Waals surface area contributed by atoms with Crippen molar-refractivity contribution in [3.63, 3.8) is 0 Å². The molecule has 2 aromatic heterocycles. The van der Waals surface area contributed by atoms with Crippen LogP contribution >= 0.6 is 0 Å². The number of aromatic nitrogens is 3. The van der Waals surface area contributed by atoms with Gasteiger partial charge >= 0.3 is 0 Å². The molecule has 1 radical (unpaired) electrons. The minimum atomic E-state index is -0.215. The molecule has 1 atom stereocenters. The molecule has 1 aromatic carbocycles. The maximum Gasteiger partial charge on any atom is 0.270 e. The van der Waals surface area contributed by atoms with Crippen molar-refractivity contribution in [2.75, 3.05) is 6.61 Å². The standard InChI is InChI=1S/C19H19N4O2/c1-14(22-19(24)18-8-3-4-9-20-18)13-25-17-7-5-6-15(10-17)16-11-21-23(2)12-16/h3-4,6-12,14H,13H2,1-2H3,(H,22,24)/t14-/m1/s1. The molecule has 0 bridgehead atoms. The molecule has 6 heteroatoms. The largest absolute Gasteiger partial charge is 0.491 e. The lowest BCUT2D eigenvalue weighted by Gasteiger charge is -2.15. The van der Waals surface area contributed by atoms with Crippen molar-refractivity contribution in [2.45, 2.75) is 13.0 Å². The summed E-state index contributed by atoms with van der Waals surface area (Å²) in [4.78, 5) is 16.1. The Bertz CT molecular complexity index is 845. The van der Waals surface area contributed by atoms with Crippen LogP contribution in [0.3, 0.4) is 0 Å². The van der Waals surface area contributed by atoms with E-state index in [-0.39, 0.29) is 11.9 Å². The van der Waals surface area contributed by atoms with Gasteiger partial charge < -0.3 is 10.1 Å². The zero-order chi connectivity index (χ0) is 17.6. The maximum absolute atomic E-state index is 12.1. The normalized spacial score (nSPS) is 11.8. The molecule has 0 aliphatic rings. The number of nitrogens with one attached hydrogen (secondary N) is 1. The van der Waals surface area contributed by atoms with E-state index in [2.05, 4.69) is 21.5 Å². The number of rotatable bonds is 6. The molecule has 6 nitrogen and oxygen atoms in total. The fourth-order valence-electron chi connectivity index (χ4n) is 2.33. The summed E-state index contributed by atoms with van der Waals surface area (Å²) in [5.41, 5.74) is 2.37. The first-order valence-electron chi connectivity index (χ1n) is 7.96. The van der Waals surface area contributed by atoms with Crippen LogP contribution in [0, 0.1) is 6.07 Å². The molecule has 25 heavy (non-hydrogen) atoms. The van der Waals surface area contributed by atoms with Gasteiger partial charge in [-0.15, -0.1) is 0 Å². The van der Waals surface area contributed by atoms with Gasteiger partial charge in [-0.2, -0.15) is 5.10 Å². The van der Waals surface area contributed by atoms with E-state index in [0.717, 1.165) is 11.1 Å². The number of pyridine rings is 1. The summed E-state index contributed by atoms with van der Waals surface area (Å²) in [5, 5.41) is 7.03. The van der Waals surface area contributed by atoms with E-state index < -0.39 is 0 Å². The minimum Gasteiger partial charge on any atom is -0.491 e. The molecule has 0 saturated heterocycles. The van der Waals surface area contributed by atoms with Crippen molar-refractivity contribution < 1.29 is 9.53 Å². The SMILES string of the molecule is C[C@H](COc1c[c]cc(-c2cnn(C)c2)c1)NC(=O)c1ccccn1. The Kier molecular flexibility index (Phi) is 5.09. The smallest absolute Gasteiger partial charge is 0.270 e. The number of benzene rings is 1. The molecule has 0 fully saturated rings. The quantitative estimate of drug-likeness (QED) is 0.751. The first kappa shape index (κ1) is 16.7. The highest BCUT2D eigenvalue weighted by Gasteiger charge is 2.11. The van der Waals surface area contributed by atoms with E-state index in [0.29, 0.717) is 18.1 Å². The number of ether oxygens (including phenoxy) is 1. The predicted molar refractivity (Wildman–Crippen MR) is 94.1 cm³/mol. The number of carbonyl (C=O) groups is 1. The molecule has 1 N–H and O–H groups in total. The van der Waals surface area contributed by atoms with Crippen LogP contribution in [0.15, 0.2) is 55.0 Å². The van der Waals surface area contributed by atoms with Gasteiger partial charge in [0.1, 0.15) is 18.1 Å². The summed E-state index contributed by atoms with van der Waals surface area (Å²) in [7, 11) is 1.87. The van der Waals surface area contributed by atoms with Crippen molar-refractivity contribution in [3.05, 3.63) is 66.7 Å². The lowest BCUT2D eigenvalue weighted by Crippen LogP contribution is -2.37. The van der Waals surface area contributed by atoms with Gasteiger partial charge in [0.2, 0.25) is 0 Å². The number of amides is 1. The lowest BCUT2D eigenvalue weighted by molar-refractivity contribution is 0.0921. The van der Waals surface area contributed by atoms with Gasteiger partial charge in [-0.05, 0) is 48.9 Å². The molecule has 0 saturated carbocycles. The Morgan fingerprint density at radius 3 is 2.96 bits per heavy atom. The Hall–Kier alpha value is -3.15. The molecular formula is C19H19N4O2. The average molecular weight is 335 g/mol. The van der Waals surface area contributed by atoms with E-state index in [4.69, 9.17) is 4.74 Å². The second kappa shape index (κ2) is 7.61. The van der Waals surface area contributed by atoms with Gasteiger partial charge in [-0.1, -0.05) is 6.07 Å². The summed E-state index contributed by atoms with van der Waals surface area (Å²) in [6.45, 7) is 2.23. The predicted octanol–water partition coefficient (Wildman–Crippen LogP) is 2.48. The monoisotopic (exact) mass is 335 g/mol. The Morgan fingerprint density at radius 1 is 1.36 bits per heavy atom. The average Bonchev–Trinajstić information content (AvgIpc) is 3.07. The second-order valence-corrected chi connectivity index (χ2v) is 5.76. The molecule has 0 aliphatic heterocycles. The molecule has 0 aliphatic carbocycles. The van der Waals surface area contributed by atoms with Crippen LogP contribution in [0.1, 0.15) is 17.4 Å². The Morgan fingerprint density at radius 2 is 2.24 bits per heavy atom. The van der Waals surface area contributed by atoms with E-state index in [1.807, 2.05) is 32.3 Å². The summed E-state index contributed by atoms with van der Waals surface area (Å²) in [6, 6.07) is 13.7. The first-order chi connectivity index (χ1) is 12.1. The number of aryl methyl sites for hydroxylation is 1. The van der Waals surface area contributed by atoms with E-state index in [1.165, 1.54) is 0 Å². The van der Waals surface area contributed by atoms with Gasteiger partial charge in [0.15, 0.2) is 0 Å². The first-order valence-corrected chi connectivity index (χ1v) is 7.96. The molecule has 3 aromatic rings. The maximum atomic E-state index is 12.1. The van der Waals surface area contributed by atoms with Crippen LogP contribution in [0.25, 0.3) is 11.1 Å². The Balaban J connectivity index is 1.57. The fraction of sp³-hybridized carbons (Fsp3) is 0.211. The number of carbonyl (C=O) groups excluding carboxylic acids is 1. The zero-order valence-electron chi connectivity index (χ0n) is 14.1. The van der Waals surface area contributed by atoms with Crippen LogP contribution in [0.2, 0.25) is 0 Å². The van der Waals surface area contributed by atoms with Crippen molar-refractivity contribution in [1.29, 1.82) is 0 Å². The summed E-state index contributed by atoms with van der Waals surface area (Å²) in [5.74, 6) is 0.479. The number of hydrogen-bond acceptors (Lipinski definition) is 4. The molecule has 1 amide bonds. The van der Waals surface area contributed by atoms with E-state index in [9.17, 15) is 4.79 Å². The molecule has 0 spiro atoms. The fourth-order valence-corrected chi connectivity index (χ4v) is 2.33. The second-order valence-electron chi connectivity index (χ2n) is 5.76. The van der Waals surface area contributed by atoms with Crippen LogP contribution in [-0.2, 0) is 7.05 Å². The third-order valence-electron chi connectivity index (χ3n) is 3.58. The molecular weight excluding hydrogens is 316 g/mol. The highest BCUT2D eigenvalue weighted by molar-refractivity contribution is 5.92. The van der Waals surface area contributed by atoms with Crippen LogP contribution in [0.5, 0.6) is 5.75 Å². The van der Waals surface area contributed by atoms with Crippen molar-refractivity contribution in [3.8, 4) is 16.9 Å². The Labute approximate surface area is 146 Å². The minimum absolute atomic E-state index is 0.156. The third kappa shape index (κ3) is 4.44. The van der Waals surface area contributed by atoms with Crippen molar-refractivity contribution in [1.82, 2.24) is 20.1 Å². The van der Waals surface area contributed by atoms with Crippen LogP contribution in [-0.4, -0.2) is 33.3 Å². The highest BCUT2D eigenvalue weighted by Crippen LogP contribution is 2.23. The van der Waals surface area contributed by atoms with E-state index >= 15 is 0 Å². The van der Waals surface area contributed by atoms with Gasteiger partial charge in [-0.25, -0.2) is 0 Å². The summed E-state index contributed by atoms with van der Waals surface area (Å²) in [6.07, 6.45) is 5.32. The third-order valence-corrected chi connectivity index (χ3v) is 3.58. The topological polar surface area (TPSA) is 69.0 Å². The van der Waals surface area contributed by atoms with Gasteiger partial charge in [0.05, 0.1) is 12.2 Å².